The molecule has 0 atom stereocenters. The summed E-state index contributed by atoms with van der Waals surface area (Å²) in [5, 5.41) is 2.14. The molecule has 4 aliphatic carbocycles. The van der Waals surface area contributed by atoms with Crippen LogP contribution in [0.5, 0.6) is 0 Å². The zero-order valence-corrected chi connectivity index (χ0v) is 16.9. The third kappa shape index (κ3) is 2.41. The van der Waals surface area contributed by atoms with Gasteiger partial charge in [0.15, 0.2) is 4.96 Å². The highest BCUT2D eigenvalue weighted by atomic mass is 32.1. The van der Waals surface area contributed by atoms with Gasteiger partial charge in [0.2, 0.25) is 0 Å². The number of carbonyl (C=O) groups is 1. The van der Waals surface area contributed by atoms with Gasteiger partial charge in [-0.05, 0) is 68.4 Å². The molecule has 3 aromatic rings. The molecule has 7 rings (SSSR count). The Labute approximate surface area is 168 Å². The molecule has 0 amide bonds. The fraction of sp³-hybridized carbons (Fsp3) is 0.478. The zero-order chi connectivity index (χ0) is 18.9. The molecule has 0 unspecified atom stereocenters. The van der Waals surface area contributed by atoms with Gasteiger partial charge in [0.1, 0.15) is 0 Å². The van der Waals surface area contributed by atoms with Crippen molar-refractivity contribution in [2.45, 2.75) is 43.9 Å². The van der Waals surface area contributed by atoms with Crippen molar-refractivity contribution in [1.82, 2.24) is 9.38 Å². The quantitative estimate of drug-likeness (QED) is 0.567. The number of hydrogen-bond acceptors (Lipinski definition) is 4. The number of methoxy groups -OCH3 is 1. The Hall–Kier alpha value is -2.14. The predicted octanol–water partition coefficient (Wildman–Crippen LogP) is 5.32. The van der Waals surface area contributed by atoms with Gasteiger partial charge in [-0.1, -0.05) is 12.1 Å². The van der Waals surface area contributed by atoms with Gasteiger partial charge >= 0.3 is 5.97 Å². The van der Waals surface area contributed by atoms with Crippen LogP contribution in [0.4, 0.5) is 0 Å². The fourth-order valence-electron chi connectivity index (χ4n) is 6.59. The lowest BCUT2D eigenvalue weighted by molar-refractivity contribution is -0.00696. The average molecular weight is 393 g/mol. The van der Waals surface area contributed by atoms with Crippen molar-refractivity contribution in [3.8, 4) is 11.3 Å². The van der Waals surface area contributed by atoms with Crippen molar-refractivity contribution in [1.29, 1.82) is 0 Å². The van der Waals surface area contributed by atoms with Crippen LogP contribution in [0.2, 0.25) is 0 Å². The topological polar surface area (TPSA) is 43.6 Å². The molecule has 5 heteroatoms. The molecule has 4 aliphatic rings. The number of fused-ring (bicyclic) bond motifs is 1. The molecular weight excluding hydrogens is 368 g/mol. The number of aromatic nitrogens is 2. The second-order valence-electron chi connectivity index (χ2n) is 9.17. The minimum atomic E-state index is -0.298. The largest absolute Gasteiger partial charge is 0.465 e. The Morgan fingerprint density at radius 1 is 1.18 bits per heavy atom. The van der Waals surface area contributed by atoms with E-state index in [1.54, 1.807) is 17.4 Å². The molecule has 0 aliphatic heterocycles. The average Bonchev–Trinajstić information content (AvgIpc) is 3.28. The van der Waals surface area contributed by atoms with Crippen LogP contribution in [0.15, 0.2) is 35.8 Å². The van der Waals surface area contributed by atoms with Gasteiger partial charge in [-0.15, -0.1) is 11.3 Å². The lowest BCUT2D eigenvalue weighted by Gasteiger charge is -2.56. The molecule has 4 fully saturated rings. The SMILES string of the molecule is COC(=O)c1cccc(-c2csc3nc(C45CC6CC(CC(C6)C4)C5)cn23)c1. The summed E-state index contributed by atoms with van der Waals surface area (Å²) in [7, 11) is 1.42. The summed E-state index contributed by atoms with van der Waals surface area (Å²) in [6, 6.07) is 7.69. The predicted molar refractivity (Wildman–Crippen MR) is 110 cm³/mol. The second-order valence-corrected chi connectivity index (χ2v) is 10.0. The lowest BCUT2D eigenvalue weighted by Crippen LogP contribution is -2.48. The monoisotopic (exact) mass is 392 g/mol. The van der Waals surface area contributed by atoms with Crippen LogP contribution in [0.3, 0.4) is 0 Å². The first-order valence-electron chi connectivity index (χ1n) is 10.3. The van der Waals surface area contributed by atoms with Gasteiger partial charge < -0.3 is 4.74 Å². The standard InChI is InChI=1S/C23H24N2O2S/c1-27-21(26)18-4-2-3-17(8-18)19-13-28-22-24-20(12-25(19)22)23-9-14-5-15(10-23)7-16(6-14)11-23/h2-4,8,12-16H,5-7,9-11H2,1H3. The van der Waals surface area contributed by atoms with Crippen molar-refractivity contribution < 1.29 is 9.53 Å². The van der Waals surface area contributed by atoms with Crippen molar-refractivity contribution >= 4 is 22.3 Å². The Morgan fingerprint density at radius 2 is 1.89 bits per heavy atom. The molecule has 4 bridgehead atoms. The van der Waals surface area contributed by atoms with Gasteiger partial charge in [0, 0.05) is 22.6 Å². The molecule has 0 N–H and O–H groups in total. The van der Waals surface area contributed by atoms with Gasteiger partial charge in [-0.3, -0.25) is 4.40 Å². The summed E-state index contributed by atoms with van der Waals surface area (Å²) < 4.78 is 7.11. The van der Waals surface area contributed by atoms with Crippen molar-refractivity contribution in [2.75, 3.05) is 7.11 Å². The van der Waals surface area contributed by atoms with Gasteiger partial charge in [-0.2, -0.15) is 0 Å². The molecule has 0 spiro atoms. The third-order valence-corrected chi connectivity index (χ3v) is 8.21. The molecule has 4 nitrogen and oxygen atoms in total. The van der Waals surface area contributed by atoms with Gasteiger partial charge in [-0.25, -0.2) is 9.78 Å². The number of imidazole rings is 1. The van der Waals surface area contributed by atoms with Crippen LogP contribution in [0.1, 0.15) is 54.6 Å². The minimum Gasteiger partial charge on any atom is -0.465 e. The minimum absolute atomic E-state index is 0.298. The molecule has 1 aromatic carbocycles. The van der Waals surface area contributed by atoms with Crippen LogP contribution < -0.4 is 0 Å². The van der Waals surface area contributed by atoms with Gasteiger partial charge in [0.25, 0.3) is 0 Å². The molecule has 28 heavy (non-hydrogen) atoms. The number of hydrogen-bond donors (Lipinski definition) is 0. The van der Waals surface area contributed by atoms with Gasteiger partial charge in [0.05, 0.1) is 24.1 Å². The van der Waals surface area contributed by atoms with E-state index in [0.717, 1.165) is 34.0 Å². The Morgan fingerprint density at radius 3 is 2.57 bits per heavy atom. The van der Waals surface area contributed by atoms with E-state index in [0.29, 0.717) is 11.0 Å². The number of nitrogens with zero attached hydrogens (tertiary/aromatic N) is 2. The summed E-state index contributed by atoms with van der Waals surface area (Å²) in [6.45, 7) is 0. The first-order chi connectivity index (χ1) is 13.6. The van der Waals surface area contributed by atoms with E-state index < -0.39 is 0 Å². The van der Waals surface area contributed by atoms with E-state index in [1.165, 1.54) is 51.3 Å². The second kappa shape index (κ2) is 5.93. The summed E-state index contributed by atoms with van der Waals surface area (Å²) in [5.41, 5.74) is 4.34. The van der Waals surface area contributed by atoms with Crippen molar-refractivity contribution in [3.05, 3.63) is 47.1 Å². The first kappa shape index (κ1) is 16.8. The Balaban J connectivity index is 1.41. The number of rotatable bonds is 3. The number of ether oxygens (including phenoxy) is 1. The van der Waals surface area contributed by atoms with Crippen LogP contribution in [0.25, 0.3) is 16.2 Å². The first-order valence-corrected chi connectivity index (χ1v) is 11.2. The third-order valence-electron chi connectivity index (χ3n) is 7.37. The molecular formula is C23H24N2O2S. The van der Waals surface area contributed by atoms with E-state index in [1.807, 2.05) is 12.1 Å². The number of carbonyl (C=O) groups excluding carboxylic acids is 1. The van der Waals surface area contributed by atoms with E-state index in [-0.39, 0.29) is 5.97 Å². The Bertz CT molecular complexity index is 1040. The summed E-state index contributed by atoms with van der Waals surface area (Å²) in [6.07, 6.45) is 10.6. The van der Waals surface area contributed by atoms with Crippen LogP contribution in [-0.2, 0) is 10.2 Å². The number of thiazole rings is 1. The van der Waals surface area contributed by atoms with Crippen molar-refractivity contribution in [2.24, 2.45) is 17.8 Å². The summed E-state index contributed by atoms with van der Waals surface area (Å²) >= 11 is 1.69. The van der Waals surface area contributed by atoms with Crippen molar-refractivity contribution in [3.63, 3.8) is 0 Å². The highest BCUT2D eigenvalue weighted by Crippen LogP contribution is 2.60. The lowest BCUT2D eigenvalue weighted by atomic mass is 9.49. The zero-order valence-electron chi connectivity index (χ0n) is 16.1. The molecule has 2 aromatic heterocycles. The maximum Gasteiger partial charge on any atom is 0.337 e. The number of esters is 1. The van der Waals surface area contributed by atoms with E-state index in [4.69, 9.17) is 9.72 Å². The molecule has 4 saturated carbocycles. The molecule has 0 saturated heterocycles. The summed E-state index contributed by atoms with van der Waals surface area (Å²) in [5.74, 6) is 2.46. The highest BCUT2D eigenvalue weighted by molar-refractivity contribution is 7.15. The highest BCUT2D eigenvalue weighted by Gasteiger charge is 2.52. The number of benzene rings is 1. The van der Waals surface area contributed by atoms with Crippen LogP contribution >= 0.6 is 11.3 Å². The van der Waals surface area contributed by atoms with Crippen LogP contribution in [-0.4, -0.2) is 22.5 Å². The van der Waals surface area contributed by atoms with E-state index in [2.05, 4.69) is 22.0 Å². The maximum absolute atomic E-state index is 11.9. The van der Waals surface area contributed by atoms with E-state index in [9.17, 15) is 4.79 Å². The summed E-state index contributed by atoms with van der Waals surface area (Å²) in [4.78, 5) is 18.1. The Kier molecular flexibility index (Phi) is 3.55. The van der Waals surface area contributed by atoms with Crippen LogP contribution in [0, 0.1) is 17.8 Å². The fourth-order valence-corrected chi connectivity index (χ4v) is 7.48. The normalized spacial score (nSPS) is 30.8. The maximum atomic E-state index is 11.9. The molecule has 2 heterocycles. The molecule has 144 valence electrons. The molecule has 0 radical (unpaired) electrons. The smallest absolute Gasteiger partial charge is 0.337 e. The van der Waals surface area contributed by atoms with E-state index >= 15 is 0 Å².